The van der Waals surface area contributed by atoms with Gasteiger partial charge in [-0.1, -0.05) is 115 Å². The molecule has 0 aliphatic rings. The summed E-state index contributed by atoms with van der Waals surface area (Å²) < 4.78 is 11.4. The van der Waals surface area contributed by atoms with E-state index in [1.165, 1.54) is 0 Å². The Balaban J connectivity index is 1.39. The summed E-state index contributed by atoms with van der Waals surface area (Å²) in [6.45, 7) is 0. The zero-order valence-corrected chi connectivity index (χ0v) is 20.3. The highest BCUT2D eigenvalue weighted by Crippen LogP contribution is 2.28. The van der Waals surface area contributed by atoms with Crippen molar-refractivity contribution in [3.8, 4) is 28.2 Å². The van der Waals surface area contributed by atoms with E-state index in [4.69, 9.17) is 9.15 Å². The lowest BCUT2D eigenvalue weighted by atomic mass is 10.0. The number of ether oxygens (including phenoxy) is 1. The molecule has 0 fully saturated rings. The maximum Gasteiger partial charge on any atom is 0.361 e. The van der Waals surface area contributed by atoms with Gasteiger partial charge in [0.05, 0.1) is 24.8 Å². The number of rotatable bonds is 9. The average Bonchev–Trinajstić information content (AvgIpc) is 2.95. The van der Waals surface area contributed by atoms with Gasteiger partial charge in [0.1, 0.15) is 5.75 Å². The van der Waals surface area contributed by atoms with Crippen molar-refractivity contribution in [3.63, 3.8) is 0 Å². The molecule has 0 saturated heterocycles. The summed E-state index contributed by atoms with van der Waals surface area (Å²) in [6.07, 6.45) is 20.0. The van der Waals surface area contributed by atoms with Crippen LogP contribution in [-0.4, -0.2) is 7.11 Å². The predicted molar refractivity (Wildman–Crippen MR) is 152 cm³/mol. The zero-order valence-electron chi connectivity index (χ0n) is 20.3. The smallest absolute Gasteiger partial charge is 0.361 e. The Morgan fingerprint density at radius 3 is 1.69 bits per heavy atom. The van der Waals surface area contributed by atoms with E-state index < -0.39 is 0 Å². The fourth-order valence-electron chi connectivity index (χ4n) is 3.56. The lowest BCUT2D eigenvalue weighted by molar-refractivity contribution is 0.415. The quantitative estimate of drug-likeness (QED) is 0.180. The van der Waals surface area contributed by atoms with Gasteiger partial charge in [-0.2, -0.15) is 0 Å². The summed E-state index contributed by atoms with van der Waals surface area (Å²) in [7, 11) is 1.67. The van der Waals surface area contributed by atoms with Crippen molar-refractivity contribution in [2.24, 2.45) is 0 Å². The van der Waals surface area contributed by atoms with Crippen LogP contribution < -0.4 is 4.74 Å². The first-order valence-corrected chi connectivity index (χ1v) is 11.9. The van der Waals surface area contributed by atoms with Crippen LogP contribution in [0.4, 0.5) is 0 Å². The topological polar surface area (TPSA) is 20.5 Å². The third-order valence-corrected chi connectivity index (χ3v) is 5.42. The summed E-state index contributed by atoms with van der Waals surface area (Å²) in [5.41, 5.74) is 4.46. The lowest BCUT2D eigenvalue weighted by Gasteiger charge is -2.00. The molecule has 1 aromatic heterocycles. The second kappa shape index (κ2) is 13.3. The first-order valence-electron chi connectivity index (χ1n) is 11.9. The minimum atomic E-state index is 0.799. The van der Waals surface area contributed by atoms with E-state index in [-0.39, 0.29) is 0 Å². The minimum absolute atomic E-state index is 0.799. The van der Waals surface area contributed by atoms with Crippen molar-refractivity contribution in [3.05, 3.63) is 157 Å². The van der Waals surface area contributed by atoms with Crippen LogP contribution in [0.25, 0.3) is 34.6 Å². The Labute approximate surface area is 213 Å². The Morgan fingerprint density at radius 1 is 0.528 bits per heavy atom. The fraction of sp³-hybridized carbons (Fsp3) is 0.0294. The van der Waals surface area contributed by atoms with Crippen LogP contribution in [0, 0.1) is 0 Å². The molecule has 1 heterocycles. The molecule has 0 aliphatic heterocycles. The summed E-state index contributed by atoms with van der Waals surface area (Å²) in [6, 6.07) is 32.7. The van der Waals surface area contributed by atoms with E-state index in [0.29, 0.717) is 0 Å². The molecule has 0 unspecified atom stereocenters. The molecular weight excluding hydrogens is 440 g/mol. The van der Waals surface area contributed by atoms with Gasteiger partial charge < -0.3 is 4.74 Å². The van der Waals surface area contributed by atoms with Crippen molar-refractivity contribution in [1.82, 2.24) is 0 Å². The normalized spacial score (nSPS) is 12.0. The highest BCUT2D eigenvalue weighted by molar-refractivity contribution is 5.71. The van der Waals surface area contributed by atoms with Gasteiger partial charge in [0.15, 0.2) is 0 Å². The second-order valence-corrected chi connectivity index (χ2v) is 7.99. The molecule has 0 amide bonds. The van der Waals surface area contributed by atoms with Gasteiger partial charge in [-0.25, -0.2) is 4.42 Å². The van der Waals surface area contributed by atoms with Crippen LogP contribution in [0.2, 0.25) is 0 Å². The Morgan fingerprint density at radius 2 is 1.08 bits per heavy atom. The van der Waals surface area contributed by atoms with Crippen molar-refractivity contribution in [1.29, 1.82) is 0 Å². The van der Waals surface area contributed by atoms with Gasteiger partial charge in [-0.3, -0.25) is 0 Å². The predicted octanol–water partition coefficient (Wildman–Crippen LogP) is 9.30. The van der Waals surface area contributed by atoms with E-state index in [1.807, 2.05) is 103 Å². The Bertz CT molecular complexity index is 1320. The fourth-order valence-corrected chi connectivity index (χ4v) is 3.56. The van der Waals surface area contributed by atoms with Crippen molar-refractivity contribution < 1.29 is 9.15 Å². The van der Waals surface area contributed by atoms with Gasteiger partial charge >= 0.3 is 11.5 Å². The summed E-state index contributed by atoms with van der Waals surface area (Å²) >= 11 is 0. The number of hydrogen-bond donors (Lipinski definition) is 0. The number of benzene rings is 3. The lowest BCUT2D eigenvalue weighted by Crippen LogP contribution is -1.84. The van der Waals surface area contributed by atoms with Crippen molar-refractivity contribution in [2.45, 2.75) is 0 Å². The molecule has 0 spiro atoms. The maximum atomic E-state index is 6.18. The maximum absolute atomic E-state index is 6.18. The largest absolute Gasteiger partial charge is 0.497 e. The van der Waals surface area contributed by atoms with Crippen LogP contribution in [0.1, 0.15) is 11.3 Å². The first-order chi connectivity index (χ1) is 17.8. The van der Waals surface area contributed by atoms with Gasteiger partial charge in [0.25, 0.3) is 0 Å². The molecule has 2 heteroatoms. The molecule has 0 saturated carbocycles. The molecule has 4 rings (SSSR count). The summed E-state index contributed by atoms with van der Waals surface area (Å²) in [4.78, 5) is 0. The van der Waals surface area contributed by atoms with Crippen LogP contribution in [0.5, 0.6) is 5.75 Å². The molecule has 176 valence electrons. The number of methoxy groups -OCH3 is 1. The zero-order chi connectivity index (χ0) is 24.8. The molecule has 3 aromatic carbocycles. The SMILES string of the molecule is COc1ccc(/C=C/C=C/C=C/C=C/C=C/c2cc(-c3ccccc3)cc(-c3ccccc3)[o+]2)cc1. The van der Waals surface area contributed by atoms with Gasteiger partial charge in [-0.05, 0) is 35.4 Å². The van der Waals surface area contributed by atoms with Crippen molar-refractivity contribution >= 4 is 12.2 Å². The monoisotopic (exact) mass is 469 g/mol. The molecule has 0 bridgehead atoms. The van der Waals surface area contributed by atoms with E-state index >= 15 is 0 Å². The average molecular weight is 470 g/mol. The highest BCUT2D eigenvalue weighted by atomic mass is 16.5. The van der Waals surface area contributed by atoms with Crippen LogP contribution in [0.3, 0.4) is 0 Å². The van der Waals surface area contributed by atoms with E-state index in [0.717, 1.165) is 39.5 Å². The van der Waals surface area contributed by atoms with Crippen LogP contribution in [0.15, 0.2) is 150 Å². The minimum Gasteiger partial charge on any atom is -0.497 e. The number of allylic oxidation sites excluding steroid dienone is 8. The number of hydrogen-bond acceptors (Lipinski definition) is 1. The van der Waals surface area contributed by atoms with E-state index in [2.05, 4.69) is 54.6 Å². The third-order valence-electron chi connectivity index (χ3n) is 5.42. The first kappa shape index (κ1) is 24.4. The molecular formula is C34H29O2+. The van der Waals surface area contributed by atoms with Crippen LogP contribution in [-0.2, 0) is 0 Å². The van der Waals surface area contributed by atoms with Crippen LogP contribution >= 0.6 is 0 Å². The Kier molecular flexibility index (Phi) is 9.00. The summed E-state index contributed by atoms with van der Waals surface area (Å²) in [5, 5.41) is 0. The van der Waals surface area contributed by atoms with E-state index in [1.54, 1.807) is 7.11 Å². The molecule has 0 N–H and O–H groups in total. The molecule has 0 aliphatic carbocycles. The third kappa shape index (κ3) is 7.41. The molecule has 36 heavy (non-hydrogen) atoms. The highest BCUT2D eigenvalue weighted by Gasteiger charge is 2.16. The molecule has 2 nitrogen and oxygen atoms in total. The molecule has 0 radical (unpaired) electrons. The van der Waals surface area contributed by atoms with Crippen molar-refractivity contribution in [2.75, 3.05) is 7.11 Å². The van der Waals surface area contributed by atoms with E-state index in [9.17, 15) is 0 Å². The molecule has 0 atom stereocenters. The van der Waals surface area contributed by atoms with Gasteiger partial charge in [0.2, 0.25) is 0 Å². The standard InChI is InChI=1S/C34H29O2/c1-35-32-24-22-28(23-25-32)16-10-6-4-2-3-5-7-15-21-33-26-31(29-17-11-8-12-18-29)27-34(36-33)30-19-13-9-14-20-30/h2-27H,1H3/q+1/b3-2+,6-4+,7-5+,16-10+,21-15+. The Hall–Kier alpha value is -4.69. The second-order valence-electron chi connectivity index (χ2n) is 7.99. The van der Waals surface area contributed by atoms with Gasteiger partial charge in [0, 0.05) is 11.6 Å². The summed E-state index contributed by atoms with van der Waals surface area (Å²) in [5.74, 6) is 2.50. The molecule has 4 aromatic rings. The van der Waals surface area contributed by atoms with Gasteiger partial charge in [-0.15, -0.1) is 0 Å².